The van der Waals surface area contributed by atoms with E-state index in [2.05, 4.69) is 6.92 Å². The maximum Gasteiger partial charge on any atom is 0.141 e. The van der Waals surface area contributed by atoms with Crippen LogP contribution in [0.15, 0.2) is 18.2 Å². The molecule has 0 aliphatic heterocycles. The van der Waals surface area contributed by atoms with Crippen LogP contribution in [0.25, 0.3) is 0 Å². The van der Waals surface area contributed by atoms with Crippen LogP contribution in [-0.4, -0.2) is 0 Å². The van der Waals surface area contributed by atoms with Crippen molar-refractivity contribution in [3.05, 3.63) is 42.1 Å². The van der Waals surface area contributed by atoms with Crippen LogP contribution in [0.3, 0.4) is 0 Å². The van der Waals surface area contributed by atoms with Gasteiger partial charge in [0.1, 0.15) is 11.9 Å². The van der Waals surface area contributed by atoms with Gasteiger partial charge in [0, 0.05) is 0 Å². The molecule has 0 fully saturated rings. The Morgan fingerprint density at radius 3 is 2.77 bits per heavy atom. The largest absolute Gasteiger partial charge is 0.206 e. The van der Waals surface area contributed by atoms with Gasteiger partial charge in [-0.05, 0) is 30.5 Å². The summed E-state index contributed by atoms with van der Waals surface area (Å²) in [5.41, 5.74) is 1.04. The third-order valence-electron chi connectivity index (χ3n) is 1.87. The Hall–Kier alpha value is -1.36. The highest BCUT2D eigenvalue weighted by atomic mass is 19.1. The SMILES string of the molecule is [CH2]CCCc1ccc(C#N)c(F)c1. The Morgan fingerprint density at radius 2 is 2.23 bits per heavy atom. The van der Waals surface area contributed by atoms with Crippen molar-refractivity contribution in [2.75, 3.05) is 0 Å². The standard InChI is InChI=1S/C11H11FN/c1-2-3-4-9-5-6-10(8-13)11(12)7-9/h5-7H,1-4H2. The van der Waals surface area contributed by atoms with Gasteiger partial charge in [0.25, 0.3) is 0 Å². The van der Waals surface area contributed by atoms with Gasteiger partial charge in [-0.2, -0.15) is 5.26 Å². The van der Waals surface area contributed by atoms with Crippen LogP contribution in [0.2, 0.25) is 0 Å². The molecule has 0 bridgehead atoms. The van der Waals surface area contributed by atoms with Crippen molar-refractivity contribution < 1.29 is 4.39 Å². The number of nitrogens with zero attached hydrogens (tertiary/aromatic N) is 1. The molecule has 0 heterocycles. The maximum atomic E-state index is 13.0. The Bertz CT molecular complexity index is 325. The fourth-order valence-corrected chi connectivity index (χ4v) is 1.13. The molecule has 0 unspecified atom stereocenters. The molecular weight excluding hydrogens is 165 g/mol. The minimum absolute atomic E-state index is 0.110. The zero-order chi connectivity index (χ0) is 9.68. The lowest BCUT2D eigenvalue weighted by atomic mass is 10.1. The molecule has 1 aromatic carbocycles. The molecule has 1 aromatic rings. The smallest absolute Gasteiger partial charge is 0.141 e. The van der Waals surface area contributed by atoms with Crippen LogP contribution in [0.5, 0.6) is 0 Å². The van der Waals surface area contributed by atoms with Crippen molar-refractivity contribution in [3.8, 4) is 6.07 Å². The van der Waals surface area contributed by atoms with Crippen molar-refractivity contribution in [2.45, 2.75) is 19.3 Å². The molecular formula is C11H11FN. The number of rotatable bonds is 3. The van der Waals surface area contributed by atoms with Gasteiger partial charge in [0.15, 0.2) is 0 Å². The summed E-state index contributed by atoms with van der Waals surface area (Å²) in [5, 5.41) is 8.49. The second kappa shape index (κ2) is 4.61. The fraction of sp³-hybridized carbons (Fsp3) is 0.273. The molecule has 67 valence electrons. The summed E-state index contributed by atoms with van der Waals surface area (Å²) in [7, 11) is 0. The van der Waals surface area contributed by atoms with Gasteiger partial charge in [-0.3, -0.25) is 0 Å². The average Bonchev–Trinajstić information content (AvgIpc) is 2.15. The number of hydrogen-bond donors (Lipinski definition) is 0. The summed E-state index contributed by atoms with van der Waals surface area (Å²) in [6.07, 6.45) is 2.62. The minimum Gasteiger partial charge on any atom is -0.206 e. The van der Waals surface area contributed by atoms with Crippen LogP contribution < -0.4 is 0 Å². The first-order valence-corrected chi connectivity index (χ1v) is 4.25. The highest BCUT2D eigenvalue weighted by molar-refractivity contribution is 5.33. The zero-order valence-electron chi connectivity index (χ0n) is 7.39. The first-order chi connectivity index (χ1) is 6.27. The topological polar surface area (TPSA) is 23.8 Å². The van der Waals surface area contributed by atoms with Crippen molar-refractivity contribution in [1.82, 2.24) is 0 Å². The quantitative estimate of drug-likeness (QED) is 0.694. The normalized spacial score (nSPS) is 9.62. The average molecular weight is 176 g/mol. The second-order valence-corrected chi connectivity index (χ2v) is 2.88. The van der Waals surface area contributed by atoms with Gasteiger partial charge in [-0.15, -0.1) is 0 Å². The third kappa shape index (κ3) is 2.55. The molecule has 2 heteroatoms. The van der Waals surface area contributed by atoms with E-state index < -0.39 is 5.82 Å². The van der Waals surface area contributed by atoms with E-state index in [1.165, 1.54) is 12.1 Å². The van der Waals surface area contributed by atoms with Crippen molar-refractivity contribution in [3.63, 3.8) is 0 Å². The van der Waals surface area contributed by atoms with E-state index in [-0.39, 0.29) is 5.56 Å². The van der Waals surface area contributed by atoms with Crippen molar-refractivity contribution >= 4 is 0 Å². The van der Waals surface area contributed by atoms with E-state index in [1.807, 2.05) is 0 Å². The van der Waals surface area contributed by atoms with E-state index >= 15 is 0 Å². The number of halogens is 1. The van der Waals surface area contributed by atoms with Crippen molar-refractivity contribution in [2.24, 2.45) is 0 Å². The molecule has 0 amide bonds. The molecule has 0 aliphatic rings. The molecule has 0 aliphatic carbocycles. The maximum absolute atomic E-state index is 13.0. The monoisotopic (exact) mass is 176 g/mol. The Balaban J connectivity index is 2.79. The molecule has 0 atom stereocenters. The zero-order valence-corrected chi connectivity index (χ0v) is 7.39. The van der Waals surface area contributed by atoms with E-state index in [0.717, 1.165) is 24.8 Å². The number of benzene rings is 1. The van der Waals surface area contributed by atoms with Gasteiger partial charge in [-0.1, -0.05) is 19.4 Å². The number of aryl methyl sites for hydroxylation is 1. The Labute approximate surface area is 77.8 Å². The van der Waals surface area contributed by atoms with Crippen LogP contribution in [0.1, 0.15) is 24.0 Å². The second-order valence-electron chi connectivity index (χ2n) is 2.88. The summed E-state index contributed by atoms with van der Waals surface area (Å²) >= 11 is 0. The molecule has 1 rings (SSSR count). The molecule has 0 saturated heterocycles. The van der Waals surface area contributed by atoms with Crippen LogP contribution in [0, 0.1) is 24.1 Å². The summed E-state index contributed by atoms with van der Waals surface area (Å²) in [5.74, 6) is -0.427. The van der Waals surface area contributed by atoms with Gasteiger partial charge in [0.2, 0.25) is 0 Å². The summed E-state index contributed by atoms with van der Waals surface area (Å²) < 4.78 is 13.0. The predicted octanol–water partition coefficient (Wildman–Crippen LogP) is 2.85. The lowest BCUT2D eigenvalue weighted by molar-refractivity contribution is 0.620. The summed E-state index contributed by atoms with van der Waals surface area (Å²) in [6, 6.07) is 6.53. The highest BCUT2D eigenvalue weighted by Crippen LogP contribution is 2.11. The number of hydrogen-bond acceptors (Lipinski definition) is 1. The van der Waals surface area contributed by atoms with Gasteiger partial charge in [-0.25, -0.2) is 4.39 Å². The first kappa shape index (κ1) is 9.73. The number of nitriles is 1. The van der Waals surface area contributed by atoms with E-state index in [0.29, 0.717) is 0 Å². The van der Waals surface area contributed by atoms with E-state index in [1.54, 1.807) is 12.1 Å². The van der Waals surface area contributed by atoms with Crippen LogP contribution in [0.4, 0.5) is 4.39 Å². The van der Waals surface area contributed by atoms with Gasteiger partial charge >= 0.3 is 0 Å². The molecule has 13 heavy (non-hydrogen) atoms. The van der Waals surface area contributed by atoms with Crippen molar-refractivity contribution in [1.29, 1.82) is 5.26 Å². The van der Waals surface area contributed by atoms with E-state index in [9.17, 15) is 4.39 Å². The summed E-state index contributed by atoms with van der Waals surface area (Å²) in [6.45, 7) is 3.71. The van der Waals surface area contributed by atoms with Gasteiger partial charge < -0.3 is 0 Å². The molecule has 0 spiro atoms. The fourth-order valence-electron chi connectivity index (χ4n) is 1.13. The highest BCUT2D eigenvalue weighted by Gasteiger charge is 2.01. The molecule has 1 nitrogen and oxygen atoms in total. The third-order valence-corrected chi connectivity index (χ3v) is 1.87. The van der Waals surface area contributed by atoms with Crippen LogP contribution in [-0.2, 0) is 6.42 Å². The van der Waals surface area contributed by atoms with Gasteiger partial charge in [0.05, 0.1) is 5.56 Å². The molecule has 0 saturated carbocycles. The first-order valence-electron chi connectivity index (χ1n) is 4.25. The lowest BCUT2D eigenvalue weighted by Crippen LogP contribution is -1.89. The lowest BCUT2D eigenvalue weighted by Gasteiger charge is -2.00. The molecule has 1 radical (unpaired) electrons. The molecule has 0 aromatic heterocycles. The summed E-state index contributed by atoms with van der Waals surface area (Å²) in [4.78, 5) is 0. The predicted molar refractivity (Wildman–Crippen MR) is 49.4 cm³/mol. The minimum atomic E-state index is -0.427. The number of unbranched alkanes of at least 4 members (excludes halogenated alkanes) is 1. The van der Waals surface area contributed by atoms with E-state index in [4.69, 9.17) is 5.26 Å². The Kier molecular flexibility index (Phi) is 3.45. The Morgan fingerprint density at radius 1 is 1.46 bits per heavy atom. The van der Waals surface area contributed by atoms with Crippen LogP contribution >= 0.6 is 0 Å². The molecule has 0 N–H and O–H groups in total.